The highest BCUT2D eigenvalue weighted by Crippen LogP contribution is 2.33. The van der Waals surface area contributed by atoms with Gasteiger partial charge in [-0.1, -0.05) is 32.9 Å². The van der Waals surface area contributed by atoms with Gasteiger partial charge in [0.15, 0.2) is 0 Å². The Morgan fingerprint density at radius 1 is 1.32 bits per heavy atom. The van der Waals surface area contributed by atoms with Crippen LogP contribution in [0.5, 0.6) is 0 Å². The van der Waals surface area contributed by atoms with Crippen LogP contribution in [0.2, 0.25) is 0 Å². The Kier molecular flexibility index (Phi) is 3.51. The highest BCUT2D eigenvalue weighted by Gasteiger charge is 2.30. The first-order valence-corrected chi connectivity index (χ1v) is 7.67. The maximum Gasteiger partial charge on any atom is 0.251 e. The Bertz CT molecular complexity index is 685. The molecule has 5 heteroatoms. The van der Waals surface area contributed by atoms with Gasteiger partial charge in [-0.15, -0.1) is 0 Å². The van der Waals surface area contributed by atoms with Gasteiger partial charge >= 0.3 is 0 Å². The molecule has 0 unspecified atom stereocenters. The third-order valence-corrected chi connectivity index (χ3v) is 4.30. The molecule has 22 heavy (non-hydrogen) atoms. The van der Waals surface area contributed by atoms with Crippen molar-refractivity contribution in [3.05, 3.63) is 42.0 Å². The zero-order chi connectivity index (χ0) is 15.9. The molecule has 1 aromatic heterocycles. The van der Waals surface area contributed by atoms with Crippen molar-refractivity contribution in [1.29, 1.82) is 0 Å². The molecule has 116 valence electrons. The van der Waals surface area contributed by atoms with Gasteiger partial charge in [0.25, 0.3) is 5.91 Å². The van der Waals surface area contributed by atoms with Crippen molar-refractivity contribution in [2.75, 3.05) is 11.4 Å². The number of aromatic nitrogens is 3. The van der Waals surface area contributed by atoms with Gasteiger partial charge in [-0.3, -0.25) is 4.79 Å². The number of nitrogens with zero attached hydrogens (tertiary/aromatic N) is 4. The van der Waals surface area contributed by atoms with E-state index in [1.165, 1.54) is 17.5 Å². The lowest BCUT2D eigenvalue weighted by atomic mass is 9.86. The molecule has 0 saturated carbocycles. The Morgan fingerprint density at radius 2 is 2.09 bits per heavy atom. The molecular weight excluding hydrogens is 276 g/mol. The maximum absolute atomic E-state index is 12.7. The number of rotatable bonds is 2. The summed E-state index contributed by atoms with van der Waals surface area (Å²) in [5.74, 6) is 0.0627. The lowest BCUT2D eigenvalue weighted by Gasteiger charge is -2.23. The van der Waals surface area contributed by atoms with Crippen LogP contribution < -0.4 is 4.90 Å². The van der Waals surface area contributed by atoms with Crippen molar-refractivity contribution in [2.45, 2.75) is 45.6 Å². The van der Waals surface area contributed by atoms with Crippen molar-refractivity contribution in [2.24, 2.45) is 0 Å². The predicted molar refractivity (Wildman–Crippen MR) is 85.9 cm³/mol. The Labute approximate surface area is 131 Å². The van der Waals surface area contributed by atoms with E-state index in [0.29, 0.717) is 0 Å². The number of carbonyl (C=O) groups is 1. The molecule has 1 atom stereocenters. The highest BCUT2D eigenvalue weighted by molar-refractivity contribution is 5.97. The topological polar surface area (TPSA) is 51.0 Å². The fourth-order valence-corrected chi connectivity index (χ4v) is 2.85. The molecule has 1 aromatic carbocycles. The van der Waals surface area contributed by atoms with Gasteiger partial charge in [-0.2, -0.15) is 5.10 Å². The second kappa shape index (κ2) is 5.23. The summed E-state index contributed by atoms with van der Waals surface area (Å²) < 4.78 is 1.60. The third kappa shape index (κ3) is 2.51. The zero-order valence-corrected chi connectivity index (χ0v) is 13.6. The molecule has 1 amide bonds. The Balaban J connectivity index is 1.87. The van der Waals surface area contributed by atoms with E-state index in [0.717, 1.165) is 18.7 Å². The fraction of sp³-hybridized carbons (Fsp3) is 0.471. The Morgan fingerprint density at radius 3 is 2.73 bits per heavy atom. The number of benzene rings is 1. The number of anilines is 1. The van der Waals surface area contributed by atoms with Crippen molar-refractivity contribution in [3.63, 3.8) is 0 Å². The summed E-state index contributed by atoms with van der Waals surface area (Å²) in [6.07, 6.45) is 3.95. The first kappa shape index (κ1) is 14.8. The standard InChI is InChI=1S/C17H22N4O/c1-12(21-11-18-10-19-21)16(22)20-8-7-13-9-14(17(2,3)4)5-6-15(13)20/h5-6,9-12H,7-8H2,1-4H3/t12-/m0/s1. The lowest BCUT2D eigenvalue weighted by Crippen LogP contribution is -2.35. The molecule has 0 fully saturated rings. The molecule has 1 aliphatic rings. The third-order valence-electron chi connectivity index (χ3n) is 4.30. The van der Waals surface area contributed by atoms with Crippen LogP contribution in [0, 0.1) is 0 Å². The molecule has 0 saturated heterocycles. The molecule has 0 N–H and O–H groups in total. The molecule has 5 nitrogen and oxygen atoms in total. The number of hydrogen-bond donors (Lipinski definition) is 0. The summed E-state index contributed by atoms with van der Waals surface area (Å²) in [6.45, 7) is 9.22. The van der Waals surface area contributed by atoms with Crippen LogP contribution in [0.3, 0.4) is 0 Å². The summed E-state index contributed by atoms with van der Waals surface area (Å²) in [5, 5.41) is 4.07. The molecule has 2 heterocycles. The van der Waals surface area contributed by atoms with Gasteiger partial charge in [0.05, 0.1) is 0 Å². The number of amides is 1. The largest absolute Gasteiger partial charge is 0.310 e. The van der Waals surface area contributed by atoms with E-state index < -0.39 is 0 Å². The molecule has 2 aromatic rings. The SMILES string of the molecule is C[C@@H](C(=O)N1CCc2cc(C(C)(C)C)ccc21)n1cncn1. The predicted octanol–water partition coefficient (Wildman–Crippen LogP) is 2.73. The van der Waals surface area contributed by atoms with Crippen LogP contribution in [0.4, 0.5) is 5.69 Å². The summed E-state index contributed by atoms with van der Waals surface area (Å²) in [7, 11) is 0. The van der Waals surface area contributed by atoms with Gasteiger partial charge in [-0.05, 0) is 36.0 Å². The summed E-state index contributed by atoms with van der Waals surface area (Å²) >= 11 is 0. The maximum atomic E-state index is 12.7. The molecule has 1 aliphatic heterocycles. The molecule has 3 rings (SSSR count). The van der Waals surface area contributed by atoms with Gasteiger partial charge < -0.3 is 4.90 Å². The minimum atomic E-state index is -0.337. The first-order chi connectivity index (χ1) is 10.4. The monoisotopic (exact) mass is 298 g/mol. The summed E-state index contributed by atoms with van der Waals surface area (Å²) in [5.41, 5.74) is 3.72. The zero-order valence-electron chi connectivity index (χ0n) is 13.6. The van der Waals surface area contributed by atoms with Crippen LogP contribution in [-0.4, -0.2) is 27.2 Å². The fourth-order valence-electron chi connectivity index (χ4n) is 2.85. The van der Waals surface area contributed by atoms with Crippen LogP contribution in [0.25, 0.3) is 0 Å². The second-order valence-corrected chi connectivity index (χ2v) is 6.88. The van der Waals surface area contributed by atoms with Gasteiger partial charge in [0.2, 0.25) is 0 Å². The van der Waals surface area contributed by atoms with E-state index in [9.17, 15) is 4.79 Å². The quantitative estimate of drug-likeness (QED) is 0.856. The lowest BCUT2D eigenvalue weighted by molar-refractivity contribution is -0.121. The van der Waals surface area contributed by atoms with Crippen molar-refractivity contribution in [3.8, 4) is 0 Å². The Hall–Kier alpha value is -2.17. The first-order valence-electron chi connectivity index (χ1n) is 7.67. The van der Waals surface area contributed by atoms with Gasteiger partial charge in [-0.25, -0.2) is 9.67 Å². The normalized spacial score (nSPS) is 15.7. The van der Waals surface area contributed by atoms with Crippen LogP contribution in [0.1, 0.15) is 44.9 Å². The van der Waals surface area contributed by atoms with E-state index in [4.69, 9.17) is 0 Å². The second-order valence-electron chi connectivity index (χ2n) is 6.88. The average molecular weight is 298 g/mol. The summed E-state index contributed by atoms with van der Waals surface area (Å²) in [6, 6.07) is 6.11. The van der Waals surface area contributed by atoms with Crippen molar-refractivity contribution >= 4 is 11.6 Å². The van der Waals surface area contributed by atoms with Gasteiger partial charge in [0, 0.05) is 12.2 Å². The number of fused-ring (bicyclic) bond motifs is 1. The van der Waals surface area contributed by atoms with E-state index in [2.05, 4.69) is 49.1 Å². The number of carbonyl (C=O) groups excluding carboxylic acids is 1. The molecular formula is C17H22N4O. The minimum Gasteiger partial charge on any atom is -0.310 e. The van der Waals surface area contributed by atoms with E-state index >= 15 is 0 Å². The van der Waals surface area contributed by atoms with Crippen LogP contribution in [0.15, 0.2) is 30.9 Å². The molecule has 0 spiro atoms. The minimum absolute atomic E-state index is 0.0627. The van der Waals surface area contributed by atoms with Gasteiger partial charge in [0.1, 0.15) is 18.7 Å². The van der Waals surface area contributed by atoms with E-state index in [-0.39, 0.29) is 17.4 Å². The smallest absolute Gasteiger partial charge is 0.251 e. The highest BCUT2D eigenvalue weighted by atomic mass is 16.2. The van der Waals surface area contributed by atoms with Crippen molar-refractivity contribution in [1.82, 2.24) is 14.8 Å². The van der Waals surface area contributed by atoms with Crippen molar-refractivity contribution < 1.29 is 4.79 Å². The molecule has 0 bridgehead atoms. The number of hydrogen-bond acceptors (Lipinski definition) is 3. The molecule has 0 radical (unpaired) electrons. The summed E-state index contributed by atoms with van der Waals surface area (Å²) in [4.78, 5) is 18.5. The van der Waals surface area contributed by atoms with Crippen LogP contribution in [-0.2, 0) is 16.6 Å². The van der Waals surface area contributed by atoms with E-state index in [1.54, 1.807) is 11.0 Å². The molecule has 0 aliphatic carbocycles. The average Bonchev–Trinajstić information content (AvgIpc) is 3.13. The van der Waals surface area contributed by atoms with Crippen LogP contribution >= 0.6 is 0 Å². The van der Waals surface area contributed by atoms with E-state index in [1.807, 2.05) is 11.8 Å².